The number of carboxylic acids is 1. The monoisotopic (exact) mass is 294 g/mol. The lowest BCUT2D eigenvalue weighted by Crippen LogP contribution is -2.47. The van der Waals surface area contributed by atoms with Crippen molar-refractivity contribution in [1.82, 2.24) is 5.32 Å². The highest BCUT2D eigenvalue weighted by Crippen LogP contribution is 2.32. The molecule has 6 heteroatoms. The van der Waals surface area contributed by atoms with Crippen molar-refractivity contribution in [2.75, 3.05) is 18.4 Å². The first-order valence-corrected chi connectivity index (χ1v) is 7.03. The van der Waals surface area contributed by atoms with Gasteiger partial charge in [0.05, 0.1) is 16.7 Å². The zero-order valence-electron chi connectivity index (χ0n) is 11.9. The van der Waals surface area contributed by atoms with Gasteiger partial charge in [-0.1, -0.05) is 6.92 Å². The first kappa shape index (κ1) is 15.4. The minimum atomic E-state index is -1.20. The molecule has 0 aromatic heterocycles. The molecule has 0 bridgehead atoms. The molecule has 0 saturated carbocycles. The van der Waals surface area contributed by atoms with Gasteiger partial charge in [-0.15, -0.1) is 0 Å². The molecule has 1 aromatic carbocycles. The fraction of sp³-hybridized carbons (Fsp3) is 0.467. The van der Waals surface area contributed by atoms with Gasteiger partial charge in [0.15, 0.2) is 0 Å². The molecule has 1 saturated heterocycles. The molecule has 21 heavy (non-hydrogen) atoms. The second-order valence-corrected chi connectivity index (χ2v) is 5.36. The van der Waals surface area contributed by atoms with Gasteiger partial charge in [0.1, 0.15) is 5.82 Å². The van der Waals surface area contributed by atoms with Gasteiger partial charge in [0.25, 0.3) is 0 Å². The van der Waals surface area contributed by atoms with E-state index in [1.54, 1.807) is 0 Å². The molecule has 1 aliphatic rings. The van der Waals surface area contributed by atoms with E-state index in [-0.39, 0.29) is 17.2 Å². The van der Waals surface area contributed by atoms with E-state index in [1.165, 1.54) is 0 Å². The summed E-state index contributed by atoms with van der Waals surface area (Å²) in [6.45, 7) is 3.35. The van der Waals surface area contributed by atoms with Gasteiger partial charge in [-0.3, -0.25) is 4.79 Å². The number of benzene rings is 1. The van der Waals surface area contributed by atoms with E-state index in [0.29, 0.717) is 13.0 Å². The molecule has 0 spiro atoms. The molecular weight excluding hydrogens is 275 g/mol. The lowest BCUT2D eigenvalue weighted by atomic mass is 9.77. The Morgan fingerprint density at radius 1 is 1.48 bits per heavy atom. The van der Waals surface area contributed by atoms with Gasteiger partial charge in [0.2, 0.25) is 5.91 Å². The SMILES string of the molecule is CCC1(C(=O)Nc2cc(F)ccc2C(=O)O)CCCNC1. The van der Waals surface area contributed by atoms with Crippen molar-refractivity contribution in [3.8, 4) is 0 Å². The number of amides is 1. The molecule has 1 amide bonds. The Hall–Kier alpha value is -1.95. The first-order chi connectivity index (χ1) is 9.98. The van der Waals surface area contributed by atoms with Crippen LogP contribution >= 0.6 is 0 Å². The number of hydrogen-bond donors (Lipinski definition) is 3. The smallest absolute Gasteiger partial charge is 0.337 e. The van der Waals surface area contributed by atoms with E-state index >= 15 is 0 Å². The molecule has 1 heterocycles. The van der Waals surface area contributed by atoms with Gasteiger partial charge in [-0.25, -0.2) is 9.18 Å². The van der Waals surface area contributed by atoms with Crippen LogP contribution in [0.15, 0.2) is 18.2 Å². The van der Waals surface area contributed by atoms with Crippen molar-refractivity contribution >= 4 is 17.6 Å². The number of hydrogen-bond acceptors (Lipinski definition) is 3. The van der Waals surface area contributed by atoms with Crippen molar-refractivity contribution in [2.45, 2.75) is 26.2 Å². The number of piperidine rings is 1. The third-order valence-corrected chi connectivity index (χ3v) is 4.09. The number of anilines is 1. The van der Waals surface area contributed by atoms with Crippen LogP contribution in [0.2, 0.25) is 0 Å². The summed E-state index contributed by atoms with van der Waals surface area (Å²) in [4.78, 5) is 23.7. The van der Waals surface area contributed by atoms with Crippen molar-refractivity contribution in [2.24, 2.45) is 5.41 Å². The topological polar surface area (TPSA) is 78.4 Å². The van der Waals surface area contributed by atoms with Crippen LogP contribution in [0.25, 0.3) is 0 Å². The Bertz CT molecular complexity index is 554. The fourth-order valence-electron chi connectivity index (χ4n) is 2.69. The molecule has 5 nitrogen and oxygen atoms in total. The lowest BCUT2D eigenvalue weighted by molar-refractivity contribution is -0.126. The van der Waals surface area contributed by atoms with Crippen LogP contribution in [-0.2, 0) is 4.79 Å². The molecule has 3 N–H and O–H groups in total. The molecule has 1 aromatic rings. The Morgan fingerprint density at radius 3 is 2.81 bits per heavy atom. The largest absolute Gasteiger partial charge is 0.478 e. The maximum absolute atomic E-state index is 13.3. The summed E-state index contributed by atoms with van der Waals surface area (Å²) in [7, 11) is 0. The molecular formula is C15H19FN2O3. The number of aromatic carboxylic acids is 1. The summed E-state index contributed by atoms with van der Waals surface area (Å²) in [6, 6.07) is 3.27. The minimum Gasteiger partial charge on any atom is -0.478 e. The molecule has 1 aliphatic heterocycles. The van der Waals surface area contributed by atoms with Crippen molar-refractivity contribution < 1.29 is 19.1 Å². The van der Waals surface area contributed by atoms with Gasteiger partial charge in [-0.05, 0) is 44.0 Å². The van der Waals surface area contributed by atoms with Crippen LogP contribution in [-0.4, -0.2) is 30.1 Å². The minimum absolute atomic E-state index is 0.00546. The Kier molecular flexibility index (Phi) is 4.57. The standard InChI is InChI=1S/C15H19FN2O3/c1-2-15(6-3-7-17-9-15)14(21)18-12-8-10(16)4-5-11(12)13(19)20/h4-5,8,17H,2-3,6-7,9H2,1H3,(H,18,21)(H,19,20). The average molecular weight is 294 g/mol. The molecule has 114 valence electrons. The Labute approximate surface area is 122 Å². The second kappa shape index (κ2) is 6.22. The quantitative estimate of drug-likeness (QED) is 0.796. The Morgan fingerprint density at radius 2 is 2.24 bits per heavy atom. The third kappa shape index (κ3) is 3.21. The number of carboxylic acid groups (broad SMARTS) is 1. The van der Waals surface area contributed by atoms with Crippen molar-refractivity contribution in [3.63, 3.8) is 0 Å². The molecule has 2 rings (SSSR count). The highest BCUT2D eigenvalue weighted by Gasteiger charge is 2.38. The van der Waals surface area contributed by atoms with Crippen LogP contribution in [0.3, 0.4) is 0 Å². The molecule has 0 aliphatic carbocycles. The number of nitrogens with one attached hydrogen (secondary N) is 2. The number of halogens is 1. The van der Waals surface area contributed by atoms with E-state index in [2.05, 4.69) is 10.6 Å². The molecule has 1 atom stereocenters. The van der Waals surface area contributed by atoms with Crippen molar-refractivity contribution in [3.05, 3.63) is 29.6 Å². The van der Waals surface area contributed by atoms with Crippen molar-refractivity contribution in [1.29, 1.82) is 0 Å². The summed E-state index contributed by atoms with van der Waals surface area (Å²) < 4.78 is 13.3. The Balaban J connectivity index is 2.26. The highest BCUT2D eigenvalue weighted by molar-refractivity contribution is 6.02. The van der Waals surface area contributed by atoms with Crippen LogP contribution in [0.4, 0.5) is 10.1 Å². The van der Waals surface area contributed by atoms with Crippen LogP contribution in [0, 0.1) is 11.2 Å². The number of carbonyl (C=O) groups excluding carboxylic acids is 1. The van der Waals surface area contributed by atoms with E-state index in [9.17, 15) is 14.0 Å². The summed E-state index contributed by atoms with van der Waals surface area (Å²) in [5.41, 5.74) is -0.675. The second-order valence-electron chi connectivity index (χ2n) is 5.36. The van der Waals surface area contributed by atoms with Crippen LogP contribution in [0.1, 0.15) is 36.5 Å². The van der Waals surface area contributed by atoms with E-state index in [4.69, 9.17) is 5.11 Å². The normalized spacial score (nSPS) is 21.8. The molecule has 0 radical (unpaired) electrons. The van der Waals surface area contributed by atoms with Crippen LogP contribution in [0.5, 0.6) is 0 Å². The summed E-state index contributed by atoms with van der Waals surface area (Å²) in [5, 5.41) is 14.9. The predicted octanol–water partition coefficient (Wildman–Crippen LogP) is 2.24. The highest BCUT2D eigenvalue weighted by atomic mass is 19.1. The molecule has 1 unspecified atom stereocenters. The maximum atomic E-state index is 13.3. The zero-order valence-corrected chi connectivity index (χ0v) is 11.9. The fourth-order valence-corrected chi connectivity index (χ4v) is 2.69. The average Bonchev–Trinajstić information content (AvgIpc) is 2.47. The number of carbonyl (C=O) groups is 2. The third-order valence-electron chi connectivity index (χ3n) is 4.09. The van der Waals surface area contributed by atoms with Gasteiger partial charge in [0, 0.05) is 6.54 Å². The maximum Gasteiger partial charge on any atom is 0.337 e. The van der Waals surface area contributed by atoms with E-state index < -0.39 is 17.2 Å². The van der Waals surface area contributed by atoms with Gasteiger partial charge in [-0.2, -0.15) is 0 Å². The van der Waals surface area contributed by atoms with Gasteiger partial charge < -0.3 is 15.7 Å². The molecule has 1 fully saturated rings. The van der Waals surface area contributed by atoms with E-state index in [1.807, 2.05) is 6.92 Å². The zero-order chi connectivity index (χ0) is 15.5. The van der Waals surface area contributed by atoms with E-state index in [0.717, 1.165) is 37.6 Å². The number of rotatable bonds is 4. The lowest BCUT2D eigenvalue weighted by Gasteiger charge is -2.35. The first-order valence-electron chi connectivity index (χ1n) is 7.03. The summed E-state index contributed by atoms with van der Waals surface area (Å²) in [6.07, 6.45) is 2.26. The van der Waals surface area contributed by atoms with Gasteiger partial charge >= 0.3 is 5.97 Å². The predicted molar refractivity (Wildman–Crippen MR) is 76.8 cm³/mol. The van der Waals surface area contributed by atoms with Crippen LogP contribution < -0.4 is 10.6 Å². The summed E-state index contributed by atoms with van der Waals surface area (Å²) in [5.74, 6) is -2.04. The summed E-state index contributed by atoms with van der Waals surface area (Å²) >= 11 is 0.